The molecule has 0 amide bonds. The largest absolute Gasteiger partial charge is 0.497 e. The van der Waals surface area contributed by atoms with E-state index in [1.165, 1.54) is 6.07 Å². The molecule has 0 aromatic heterocycles. The number of hydrogen-bond acceptors (Lipinski definition) is 5. The fraction of sp³-hybridized carbons (Fsp3) is 0.136. The Labute approximate surface area is 162 Å². The Morgan fingerprint density at radius 1 is 1.04 bits per heavy atom. The van der Waals surface area contributed by atoms with Crippen LogP contribution < -0.4 is 9.75 Å². The molecule has 0 radical (unpaired) electrons. The molecular formula is C22H19N3O3. The van der Waals surface area contributed by atoms with Crippen molar-refractivity contribution in [1.82, 2.24) is 0 Å². The van der Waals surface area contributed by atoms with Crippen LogP contribution in [0.1, 0.15) is 23.6 Å². The van der Waals surface area contributed by atoms with Crippen molar-refractivity contribution in [2.75, 3.05) is 12.1 Å². The van der Waals surface area contributed by atoms with Gasteiger partial charge in [-0.1, -0.05) is 30.3 Å². The van der Waals surface area contributed by atoms with E-state index in [4.69, 9.17) is 9.84 Å². The number of hydrogen-bond donors (Lipinski definition) is 0. The fourth-order valence-corrected chi connectivity index (χ4v) is 3.39. The van der Waals surface area contributed by atoms with Gasteiger partial charge in [0.05, 0.1) is 29.5 Å². The highest BCUT2D eigenvalue weighted by Crippen LogP contribution is 2.37. The van der Waals surface area contributed by atoms with Gasteiger partial charge in [-0.15, -0.1) is 0 Å². The molecule has 6 heteroatoms. The standard InChI is InChI=1S/C22H19N3O3/c1-28-20-12-10-16(11-13-20)21-15-22(17-6-5-9-19(14-17)25(26)27)24(23-21)18-7-3-2-4-8-18/h2-14,22H,15H2,1H3/t22-/m0/s1. The molecule has 0 N–H and O–H groups in total. The molecule has 0 spiro atoms. The van der Waals surface area contributed by atoms with Crippen molar-refractivity contribution >= 4 is 17.1 Å². The molecule has 1 aliphatic heterocycles. The van der Waals surface area contributed by atoms with E-state index in [-0.39, 0.29) is 16.7 Å². The first kappa shape index (κ1) is 17.7. The molecule has 28 heavy (non-hydrogen) atoms. The Hall–Kier alpha value is -3.67. The van der Waals surface area contributed by atoms with Gasteiger partial charge in [0.2, 0.25) is 0 Å². The number of methoxy groups -OCH3 is 1. The third-order valence-corrected chi connectivity index (χ3v) is 4.82. The smallest absolute Gasteiger partial charge is 0.269 e. The van der Waals surface area contributed by atoms with Gasteiger partial charge in [-0.2, -0.15) is 5.10 Å². The molecule has 3 aromatic rings. The summed E-state index contributed by atoms with van der Waals surface area (Å²) in [6, 6.07) is 24.3. The molecule has 0 fully saturated rings. The molecule has 1 heterocycles. The highest BCUT2D eigenvalue weighted by molar-refractivity contribution is 6.03. The zero-order chi connectivity index (χ0) is 19.5. The molecule has 1 atom stereocenters. The van der Waals surface area contributed by atoms with E-state index < -0.39 is 0 Å². The van der Waals surface area contributed by atoms with Gasteiger partial charge in [-0.25, -0.2) is 0 Å². The number of non-ortho nitro benzene ring substituents is 1. The lowest BCUT2D eigenvalue weighted by molar-refractivity contribution is -0.384. The van der Waals surface area contributed by atoms with Gasteiger partial charge in [-0.3, -0.25) is 15.1 Å². The Bertz CT molecular complexity index is 1020. The summed E-state index contributed by atoms with van der Waals surface area (Å²) in [7, 11) is 1.64. The van der Waals surface area contributed by atoms with Gasteiger partial charge in [-0.05, 0) is 47.5 Å². The van der Waals surface area contributed by atoms with Gasteiger partial charge in [0.25, 0.3) is 5.69 Å². The van der Waals surface area contributed by atoms with Crippen LogP contribution in [0.4, 0.5) is 11.4 Å². The van der Waals surface area contributed by atoms with Crippen LogP contribution in [0.3, 0.4) is 0 Å². The summed E-state index contributed by atoms with van der Waals surface area (Å²) >= 11 is 0. The van der Waals surface area contributed by atoms with Gasteiger partial charge < -0.3 is 4.74 Å². The lowest BCUT2D eigenvalue weighted by atomic mass is 9.97. The normalized spacial score (nSPS) is 16.0. The van der Waals surface area contributed by atoms with Crippen LogP contribution in [0.15, 0.2) is 84.0 Å². The minimum Gasteiger partial charge on any atom is -0.497 e. The Morgan fingerprint density at radius 2 is 1.79 bits per heavy atom. The molecule has 4 rings (SSSR count). The second kappa shape index (κ2) is 7.52. The maximum Gasteiger partial charge on any atom is 0.269 e. The van der Waals surface area contributed by atoms with E-state index in [0.29, 0.717) is 6.42 Å². The SMILES string of the molecule is COc1ccc(C2=NN(c3ccccc3)[C@H](c3cccc([N+](=O)[O-])c3)C2)cc1. The third kappa shape index (κ3) is 3.44. The summed E-state index contributed by atoms with van der Waals surface area (Å²) < 4.78 is 5.23. The minimum atomic E-state index is -0.365. The predicted molar refractivity (Wildman–Crippen MR) is 109 cm³/mol. The topological polar surface area (TPSA) is 68.0 Å². The number of ether oxygens (including phenoxy) is 1. The van der Waals surface area contributed by atoms with Crippen LogP contribution in [0.2, 0.25) is 0 Å². The van der Waals surface area contributed by atoms with E-state index in [2.05, 4.69) is 0 Å². The van der Waals surface area contributed by atoms with Crippen molar-refractivity contribution in [1.29, 1.82) is 0 Å². The summed E-state index contributed by atoms with van der Waals surface area (Å²) in [5.41, 5.74) is 3.84. The van der Waals surface area contributed by atoms with Crippen LogP contribution in [0.5, 0.6) is 5.75 Å². The van der Waals surface area contributed by atoms with Gasteiger partial charge in [0.15, 0.2) is 0 Å². The van der Waals surface area contributed by atoms with Gasteiger partial charge in [0.1, 0.15) is 5.75 Å². The number of anilines is 1. The second-order valence-corrected chi connectivity index (χ2v) is 6.53. The molecular weight excluding hydrogens is 354 g/mol. The van der Waals surface area contributed by atoms with Crippen molar-refractivity contribution in [2.24, 2.45) is 5.10 Å². The monoisotopic (exact) mass is 373 g/mol. The highest BCUT2D eigenvalue weighted by atomic mass is 16.6. The Balaban J connectivity index is 1.73. The average Bonchev–Trinajstić information content (AvgIpc) is 3.20. The maximum atomic E-state index is 11.2. The second-order valence-electron chi connectivity index (χ2n) is 6.53. The maximum absolute atomic E-state index is 11.2. The van der Waals surface area contributed by atoms with Crippen LogP contribution in [0.25, 0.3) is 0 Å². The number of nitrogens with zero attached hydrogens (tertiary/aromatic N) is 3. The predicted octanol–water partition coefficient (Wildman–Crippen LogP) is 4.96. The van der Waals surface area contributed by atoms with Crippen molar-refractivity contribution in [3.63, 3.8) is 0 Å². The van der Waals surface area contributed by atoms with E-state index in [0.717, 1.165) is 28.3 Å². The lowest BCUT2D eigenvalue weighted by Crippen LogP contribution is -2.18. The summed E-state index contributed by atoms with van der Waals surface area (Å²) in [5.74, 6) is 0.789. The van der Waals surface area contributed by atoms with Crippen molar-refractivity contribution < 1.29 is 9.66 Å². The summed E-state index contributed by atoms with van der Waals surface area (Å²) in [6.07, 6.45) is 0.655. The van der Waals surface area contributed by atoms with E-state index in [1.54, 1.807) is 19.2 Å². The molecule has 0 saturated carbocycles. The van der Waals surface area contributed by atoms with Crippen molar-refractivity contribution in [2.45, 2.75) is 12.5 Å². The van der Waals surface area contributed by atoms with Crippen LogP contribution in [-0.4, -0.2) is 17.7 Å². The summed E-state index contributed by atoms with van der Waals surface area (Å²) in [5, 5.41) is 18.0. The molecule has 0 bridgehead atoms. The number of para-hydroxylation sites is 1. The third-order valence-electron chi connectivity index (χ3n) is 4.82. The quantitative estimate of drug-likeness (QED) is 0.468. The van der Waals surface area contributed by atoms with E-state index in [1.807, 2.05) is 65.7 Å². The van der Waals surface area contributed by atoms with Crippen molar-refractivity contribution in [3.05, 3.63) is 100 Å². The lowest BCUT2D eigenvalue weighted by Gasteiger charge is -2.23. The Kier molecular flexibility index (Phi) is 4.76. The van der Waals surface area contributed by atoms with E-state index in [9.17, 15) is 10.1 Å². The molecule has 0 saturated heterocycles. The van der Waals surface area contributed by atoms with Crippen LogP contribution >= 0.6 is 0 Å². The zero-order valence-electron chi connectivity index (χ0n) is 15.4. The van der Waals surface area contributed by atoms with Gasteiger partial charge in [0, 0.05) is 18.6 Å². The first-order chi connectivity index (χ1) is 13.7. The number of nitro benzene ring substituents is 1. The zero-order valence-corrected chi connectivity index (χ0v) is 15.4. The fourth-order valence-electron chi connectivity index (χ4n) is 3.39. The Morgan fingerprint density at radius 3 is 2.46 bits per heavy atom. The highest BCUT2D eigenvalue weighted by Gasteiger charge is 2.30. The van der Waals surface area contributed by atoms with Crippen molar-refractivity contribution in [3.8, 4) is 5.75 Å². The van der Waals surface area contributed by atoms with Crippen LogP contribution in [0, 0.1) is 10.1 Å². The first-order valence-electron chi connectivity index (χ1n) is 8.96. The number of nitro groups is 1. The molecule has 140 valence electrons. The van der Waals surface area contributed by atoms with Crippen LogP contribution in [-0.2, 0) is 0 Å². The molecule has 3 aromatic carbocycles. The summed E-state index contributed by atoms with van der Waals surface area (Å²) in [4.78, 5) is 10.9. The average molecular weight is 373 g/mol. The molecule has 0 aliphatic carbocycles. The summed E-state index contributed by atoms with van der Waals surface area (Å²) in [6.45, 7) is 0. The molecule has 6 nitrogen and oxygen atoms in total. The number of hydrazone groups is 1. The number of benzene rings is 3. The molecule has 0 unspecified atom stereocenters. The minimum absolute atomic E-state index is 0.0865. The van der Waals surface area contributed by atoms with E-state index >= 15 is 0 Å². The van der Waals surface area contributed by atoms with Gasteiger partial charge >= 0.3 is 0 Å². The number of rotatable bonds is 5. The first-order valence-corrected chi connectivity index (χ1v) is 8.96. The molecule has 1 aliphatic rings.